The lowest BCUT2D eigenvalue weighted by Gasteiger charge is -2.33. The molecule has 1 aromatic heterocycles. The average molecular weight is 460 g/mol. The second-order valence-corrected chi connectivity index (χ2v) is 8.31. The highest BCUT2D eigenvalue weighted by Crippen LogP contribution is 2.22. The van der Waals surface area contributed by atoms with Crippen LogP contribution in [0.25, 0.3) is 0 Å². The summed E-state index contributed by atoms with van der Waals surface area (Å²) in [6.45, 7) is 6.78. The number of carbonyl (C=O) groups is 2. The summed E-state index contributed by atoms with van der Waals surface area (Å²) in [5.41, 5.74) is 5.01. The first kappa shape index (κ1) is 19.7. The highest BCUT2D eigenvalue weighted by molar-refractivity contribution is 14.1. The van der Waals surface area contributed by atoms with E-state index >= 15 is 0 Å². The van der Waals surface area contributed by atoms with Gasteiger partial charge in [-0.15, -0.1) is 0 Å². The van der Waals surface area contributed by atoms with Crippen LogP contribution in [0.5, 0.6) is 0 Å². The van der Waals surface area contributed by atoms with Gasteiger partial charge < -0.3 is 9.64 Å². The number of ether oxygens (including phenoxy) is 1. The van der Waals surface area contributed by atoms with Crippen LogP contribution in [0.1, 0.15) is 40.0 Å². The van der Waals surface area contributed by atoms with Gasteiger partial charge in [0.15, 0.2) is 5.82 Å². The summed E-state index contributed by atoms with van der Waals surface area (Å²) in [5.74, 6) is 0.638. The Balaban J connectivity index is 1.80. The maximum atomic E-state index is 12.2. The van der Waals surface area contributed by atoms with Crippen molar-refractivity contribution in [2.75, 3.05) is 18.5 Å². The van der Waals surface area contributed by atoms with Crippen LogP contribution in [-0.4, -0.2) is 40.6 Å². The van der Waals surface area contributed by atoms with Gasteiger partial charge in [0.1, 0.15) is 5.60 Å². The van der Waals surface area contributed by atoms with Gasteiger partial charge in [-0.25, -0.2) is 9.78 Å². The molecule has 7 nitrogen and oxygen atoms in total. The molecule has 138 valence electrons. The summed E-state index contributed by atoms with van der Waals surface area (Å²) in [6, 6.07) is 3.74. The zero-order chi connectivity index (χ0) is 18.4. The molecule has 1 unspecified atom stereocenters. The number of hydrogen-bond donors (Lipinski definition) is 2. The maximum absolute atomic E-state index is 12.2. The van der Waals surface area contributed by atoms with E-state index in [1.165, 1.54) is 0 Å². The fourth-order valence-corrected chi connectivity index (χ4v) is 3.13. The fourth-order valence-electron chi connectivity index (χ4n) is 2.64. The normalized spacial score (nSPS) is 17.8. The number of nitrogens with one attached hydrogen (secondary N) is 2. The number of amides is 2. The molecule has 8 heteroatoms. The van der Waals surface area contributed by atoms with Crippen LogP contribution in [0.4, 0.5) is 10.6 Å². The van der Waals surface area contributed by atoms with Gasteiger partial charge in [0.2, 0.25) is 5.91 Å². The lowest BCUT2D eigenvalue weighted by Crippen LogP contribution is -2.44. The molecule has 2 amide bonds. The molecular formula is C17H25IN4O3. The molecule has 0 saturated carbocycles. The number of pyridine rings is 1. The summed E-state index contributed by atoms with van der Waals surface area (Å²) in [6.07, 6.45) is 3.52. The number of anilines is 1. The van der Waals surface area contributed by atoms with E-state index in [4.69, 9.17) is 4.74 Å². The molecule has 1 aliphatic rings. The number of likely N-dealkylation sites (tertiary alicyclic amines) is 1. The molecule has 2 N–H and O–H groups in total. The summed E-state index contributed by atoms with van der Waals surface area (Å²) in [5, 5.41) is 0. The predicted octanol–water partition coefficient (Wildman–Crippen LogP) is 3.17. The molecule has 1 fully saturated rings. The summed E-state index contributed by atoms with van der Waals surface area (Å²) in [4.78, 5) is 30.2. The number of halogens is 1. The number of nitrogens with zero attached hydrogens (tertiary/aromatic N) is 2. The molecule has 0 radical (unpaired) electrons. The van der Waals surface area contributed by atoms with Crippen LogP contribution in [0.2, 0.25) is 0 Å². The van der Waals surface area contributed by atoms with Crippen molar-refractivity contribution >= 4 is 40.4 Å². The van der Waals surface area contributed by atoms with E-state index in [0.29, 0.717) is 25.3 Å². The van der Waals surface area contributed by atoms with E-state index in [-0.39, 0.29) is 17.9 Å². The Morgan fingerprint density at radius 1 is 1.44 bits per heavy atom. The molecule has 25 heavy (non-hydrogen) atoms. The molecule has 1 saturated heterocycles. The van der Waals surface area contributed by atoms with Crippen molar-refractivity contribution in [3.8, 4) is 0 Å². The quantitative estimate of drug-likeness (QED) is 0.533. The Kier molecular flexibility index (Phi) is 6.86. The molecule has 1 atom stereocenters. The Hall–Kier alpha value is -1.58. The minimum atomic E-state index is -0.509. The Morgan fingerprint density at radius 3 is 2.88 bits per heavy atom. The van der Waals surface area contributed by atoms with E-state index in [9.17, 15) is 9.59 Å². The largest absolute Gasteiger partial charge is 0.444 e. The SMILES string of the molecule is CC(C)(C)OC(=O)N1CCCC(CC(=O)NNc2ncccc2I)C1. The highest BCUT2D eigenvalue weighted by atomic mass is 127. The van der Waals surface area contributed by atoms with E-state index < -0.39 is 5.60 Å². The standard InChI is InChI=1S/C17H25IN4O3/c1-17(2,3)25-16(24)22-9-5-6-12(11-22)10-14(23)20-21-15-13(18)7-4-8-19-15/h4,7-8,12H,5-6,9-11H2,1-3H3,(H,19,21)(H,20,23). The summed E-state index contributed by atoms with van der Waals surface area (Å²) in [7, 11) is 0. The molecule has 0 bridgehead atoms. The number of hydrazine groups is 1. The van der Waals surface area contributed by atoms with Crippen molar-refractivity contribution in [2.45, 2.75) is 45.6 Å². The van der Waals surface area contributed by atoms with Gasteiger partial charge in [0.25, 0.3) is 0 Å². The number of piperidine rings is 1. The van der Waals surface area contributed by atoms with Gasteiger partial charge in [-0.2, -0.15) is 0 Å². The van der Waals surface area contributed by atoms with Crippen molar-refractivity contribution in [1.82, 2.24) is 15.3 Å². The van der Waals surface area contributed by atoms with E-state index in [1.807, 2.05) is 32.9 Å². The second-order valence-electron chi connectivity index (χ2n) is 7.15. The van der Waals surface area contributed by atoms with Crippen molar-refractivity contribution in [1.29, 1.82) is 0 Å². The summed E-state index contributed by atoms with van der Waals surface area (Å²) >= 11 is 2.15. The third kappa shape index (κ3) is 6.68. The first-order chi connectivity index (χ1) is 11.7. The summed E-state index contributed by atoms with van der Waals surface area (Å²) < 4.78 is 6.34. The maximum Gasteiger partial charge on any atom is 0.410 e. The topological polar surface area (TPSA) is 83.6 Å². The lowest BCUT2D eigenvalue weighted by molar-refractivity contribution is -0.122. The third-order valence-corrected chi connectivity index (χ3v) is 4.59. The van der Waals surface area contributed by atoms with Crippen LogP contribution in [-0.2, 0) is 9.53 Å². The minimum absolute atomic E-state index is 0.113. The Labute approximate surface area is 162 Å². The number of carbonyl (C=O) groups excluding carboxylic acids is 2. The van der Waals surface area contributed by atoms with Crippen LogP contribution in [0, 0.1) is 9.49 Å². The average Bonchev–Trinajstić information content (AvgIpc) is 2.53. The number of hydrogen-bond acceptors (Lipinski definition) is 5. The first-order valence-corrected chi connectivity index (χ1v) is 9.46. The third-order valence-electron chi connectivity index (χ3n) is 3.72. The van der Waals surface area contributed by atoms with Gasteiger partial charge in [-0.05, 0) is 74.3 Å². The van der Waals surface area contributed by atoms with Gasteiger partial charge in [0, 0.05) is 25.7 Å². The zero-order valence-electron chi connectivity index (χ0n) is 14.8. The molecule has 2 heterocycles. The van der Waals surface area contributed by atoms with Gasteiger partial charge in [-0.3, -0.25) is 15.6 Å². The van der Waals surface area contributed by atoms with Crippen molar-refractivity contribution in [3.05, 3.63) is 21.9 Å². The highest BCUT2D eigenvalue weighted by Gasteiger charge is 2.28. The molecule has 1 aliphatic heterocycles. The van der Waals surface area contributed by atoms with E-state index in [1.54, 1.807) is 11.1 Å². The van der Waals surface area contributed by atoms with Crippen molar-refractivity contribution in [3.63, 3.8) is 0 Å². The minimum Gasteiger partial charge on any atom is -0.444 e. The van der Waals surface area contributed by atoms with E-state index in [0.717, 1.165) is 16.4 Å². The molecule has 0 aliphatic carbocycles. The van der Waals surface area contributed by atoms with Crippen LogP contribution in [0.3, 0.4) is 0 Å². The first-order valence-electron chi connectivity index (χ1n) is 8.38. The fraction of sp³-hybridized carbons (Fsp3) is 0.588. The second kappa shape index (κ2) is 8.68. The monoisotopic (exact) mass is 460 g/mol. The lowest BCUT2D eigenvalue weighted by atomic mass is 9.95. The molecule has 2 rings (SSSR count). The van der Waals surface area contributed by atoms with Crippen LogP contribution >= 0.6 is 22.6 Å². The van der Waals surface area contributed by atoms with Gasteiger partial charge in [0.05, 0.1) is 3.57 Å². The number of rotatable bonds is 4. The molecule has 1 aromatic rings. The molecular weight excluding hydrogens is 435 g/mol. The predicted molar refractivity (Wildman–Crippen MR) is 104 cm³/mol. The van der Waals surface area contributed by atoms with Crippen LogP contribution in [0.15, 0.2) is 18.3 Å². The smallest absolute Gasteiger partial charge is 0.410 e. The Bertz CT molecular complexity index is 618. The Morgan fingerprint density at radius 2 is 2.20 bits per heavy atom. The molecule has 0 spiro atoms. The molecule has 0 aromatic carbocycles. The van der Waals surface area contributed by atoms with Gasteiger partial charge >= 0.3 is 6.09 Å². The number of aromatic nitrogens is 1. The van der Waals surface area contributed by atoms with Crippen molar-refractivity contribution < 1.29 is 14.3 Å². The zero-order valence-corrected chi connectivity index (χ0v) is 17.0. The van der Waals surface area contributed by atoms with E-state index in [2.05, 4.69) is 38.4 Å². The van der Waals surface area contributed by atoms with Crippen molar-refractivity contribution in [2.24, 2.45) is 5.92 Å². The van der Waals surface area contributed by atoms with Crippen LogP contribution < -0.4 is 10.9 Å². The van der Waals surface area contributed by atoms with Gasteiger partial charge in [-0.1, -0.05) is 0 Å².